The van der Waals surface area contributed by atoms with E-state index in [2.05, 4.69) is 41.1 Å². The van der Waals surface area contributed by atoms with Crippen LogP contribution in [0.25, 0.3) is 0 Å². The van der Waals surface area contributed by atoms with Gasteiger partial charge in [-0.05, 0) is 66.6 Å². The van der Waals surface area contributed by atoms with Crippen LogP contribution in [0.1, 0.15) is 30.9 Å². The van der Waals surface area contributed by atoms with Gasteiger partial charge in [0.2, 0.25) is 6.79 Å². The summed E-state index contributed by atoms with van der Waals surface area (Å²) in [5.41, 5.74) is 2.99. The van der Waals surface area contributed by atoms with Crippen LogP contribution in [0.3, 0.4) is 0 Å². The molecule has 1 aromatic carbocycles. The molecule has 0 N–H and O–H groups in total. The zero-order valence-electron chi connectivity index (χ0n) is 14.2. The Morgan fingerprint density at radius 2 is 1.92 bits per heavy atom. The van der Waals surface area contributed by atoms with E-state index in [1.54, 1.807) is 0 Å². The number of piperidine rings is 1. The molecular formula is C20H24N2O2. The number of hydrogen-bond acceptors (Lipinski definition) is 4. The van der Waals surface area contributed by atoms with E-state index in [4.69, 9.17) is 9.47 Å². The molecule has 0 bridgehead atoms. The lowest BCUT2D eigenvalue weighted by Gasteiger charge is -2.41. The second kappa shape index (κ2) is 6.44. The van der Waals surface area contributed by atoms with Gasteiger partial charge in [0.1, 0.15) is 0 Å². The van der Waals surface area contributed by atoms with Gasteiger partial charge >= 0.3 is 0 Å². The Hall–Kier alpha value is -2.07. The van der Waals surface area contributed by atoms with Crippen molar-refractivity contribution in [2.45, 2.75) is 32.7 Å². The van der Waals surface area contributed by atoms with Gasteiger partial charge < -0.3 is 9.47 Å². The monoisotopic (exact) mass is 324 g/mol. The van der Waals surface area contributed by atoms with Gasteiger partial charge in [-0.1, -0.05) is 13.0 Å². The molecule has 24 heavy (non-hydrogen) atoms. The summed E-state index contributed by atoms with van der Waals surface area (Å²) >= 11 is 0. The maximum absolute atomic E-state index is 5.52. The number of nitrogens with zero attached hydrogens (tertiary/aromatic N) is 2. The second-order valence-electron chi connectivity index (χ2n) is 7.34. The molecule has 4 nitrogen and oxygen atoms in total. The van der Waals surface area contributed by atoms with Gasteiger partial charge in [-0.3, -0.25) is 9.88 Å². The molecule has 2 aliphatic heterocycles. The van der Waals surface area contributed by atoms with Gasteiger partial charge in [-0.15, -0.1) is 0 Å². The molecule has 3 heterocycles. The maximum Gasteiger partial charge on any atom is 0.231 e. The summed E-state index contributed by atoms with van der Waals surface area (Å²) < 4.78 is 10.9. The van der Waals surface area contributed by atoms with Gasteiger partial charge in [0.25, 0.3) is 0 Å². The molecule has 4 rings (SSSR count). The van der Waals surface area contributed by atoms with Crippen LogP contribution in [-0.4, -0.2) is 29.8 Å². The highest BCUT2D eigenvalue weighted by atomic mass is 16.7. The fourth-order valence-electron chi connectivity index (χ4n) is 4.00. The average Bonchev–Trinajstić information content (AvgIpc) is 3.03. The van der Waals surface area contributed by atoms with Gasteiger partial charge in [0, 0.05) is 25.5 Å². The third-order valence-electron chi connectivity index (χ3n) is 5.08. The number of ether oxygens (including phenoxy) is 2. The highest BCUT2D eigenvalue weighted by molar-refractivity contribution is 5.44. The lowest BCUT2D eigenvalue weighted by molar-refractivity contribution is 0.0969. The van der Waals surface area contributed by atoms with Crippen LogP contribution in [0.2, 0.25) is 0 Å². The normalized spacial score (nSPS) is 23.4. The predicted molar refractivity (Wildman–Crippen MR) is 93.1 cm³/mol. The lowest BCUT2D eigenvalue weighted by Crippen LogP contribution is -2.42. The van der Waals surface area contributed by atoms with E-state index >= 15 is 0 Å². The molecule has 0 spiro atoms. The molecule has 1 fully saturated rings. The Balaban J connectivity index is 1.44. The molecule has 0 unspecified atom stereocenters. The SMILES string of the molecule is C[C@@]1(Cc2ccc3c(c2)OCO3)CCCN(Cc2ccncc2)C1. The fraction of sp³-hybridized carbons (Fsp3) is 0.450. The predicted octanol–water partition coefficient (Wildman–Crippen LogP) is 3.66. The molecule has 0 radical (unpaired) electrons. The summed E-state index contributed by atoms with van der Waals surface area (Å²) in [4.78, 5) is 6.69. The molecule has 1 saturated heterocycles. The minimum atomic E-state index is 0.305. The first-order valence-corrected chi connectivity index (χ1v) is 8.70. The standard InChI is InChI=1S/C20H24N2O2/c1-20(12-17-3-4-18-19(11-17)24-15-23-18)7-2-10-22(14-20)13-16-5-8-21-9-6-16/h3-6,8-9,11H,2,7,10,12-15H2,1H3/t20-/m0/s1. The Morgan fingerprint density at radius 3 is 2.79 bits per heavy atom. The quantitative estimate of drug-likeness (QED) is 0.860. The van der Waals surface area contributed by atoms with Crippen molar-refractivity contribution in [3.05, 3.63) is 53.9 Å². The van der Waals surface area contributed by atoms with Gasteiger partial charge in [0.15, 0.2) is 11.5 Å². The molecule has 4 heteroatoms. The third-order valence-corrected chi connectivity index (χ3v) is 5.08. The van der Waals surface area contributed by atoms with Crippen molar-refractivity contribution in [3.63, 3.8) is 0 Å². The van der Waals surface area contributed by atoms with Crippen molar-refractivity contribution in [1.29, 1.82) is 0 Å². The summed E-state index contributed by atoms with van der Waals surface area (Å²) in [7, 11) is 0. The number of hydrogen-bond donors (Lipinski definition) is 0. The van der Waals surface area contributed by atoms with E-state index < -0.39 is 0 Å². The molecule has 2 aromatic rings. The number of benzene rings is 1. The Kier molecular flexibility index (Phi) is 4.15. The molecule has 1 aromatic heterocycles. The van der Waals surface area contributed by atoms with Crippen molar-refractivity contribution in [3.8, 4) is 11.5 Å². The zero-order chi connectivity index (χ0) is 16.4. The summed E-state index contributed by atoms with van der Waals surface area (Å²) in [6, 6.07) is 10.6. The largest absolute Gasteiger partial charge is 0.454 e. The van der Waals surface area contributed by atoms with Gasteiger partial charge in [-0.2, -0.15) is 0 Å². The minimum absolute atomic E-state index is 0.305. The first kappa shape index (κ1) is 15.5. The van der Waals surface area contributed by atoms with Crippen molar-refractivity contribution in [2.24, 2.45) is 5.41 Å². The number of fused-ring (bicyclic) bond motifs is 1. The molecular weight excluding hydrogens is 300 g/mol. The van der Waals surface area contributed by atoms with Gasteiger partial charge in [-0.25, -0.2) is 0 Å². The Bertz CT molecular complexity index is 704. The molecule has 0 saturated carbocycles. The average molecular weight is 324 g/mol. The Labute approximate surface area is 143 Å². The number of likely N-dealkylation sites (tertiary alicyclic amines) is 1. The van der Waals surface area contributed by atoms with Gasteiger partial charge in [0.05, 0.1) is 0 Å². The van der Waals surface area contributed by atoms with E-state index in [1.165, 1.54) is 30.5 Å². The van der Waals surface area contributed by atoms with E-state index in [0.29, 0.717) is 12.2 Å². The Morgan fingerprint density at radius 1 is 1.08 bits per heavy atom. The summed E-state index contributed by atoms with van der Waals surface area (Å²) in [6.45, 7) is 6.08. The number of rotatable bonds is 4. The summed E-state index contributed by atoms with van der Waals surface area (Å²) in [5, 5.41) is 0. The van der Waals surface area contributed by atoms with Crippen molar-refractivity contribution >= 4 is 0 Å². The number of aromatic nitrogens is 1. The first-order chi connectivity index (χ1) is 11.7. The second-order valence-corrected chi connectivity index (χ2v) is 7.34. The lowest BCUT2D eigenvalue weighted by atomic mass is 9.77. The summed E-state index contributed by atoms with van der Waals surface area (Å²) in [6.07, 6.45) is 7.37. The van der Waals surface area contributed by atoms with E-state index in [9.17, 15) is 0 Å². The van der Waals surface area contributed by atoms with Crippen molar-refractivity contribution in [1.82, 2.24) is 9.88 Å². The fourth-order valence-corrected chi connectivity index (χ4v) is 4.00. The van der Waals surface area contributed by atoms with Crippen LogP contribution < -0.4 is 9.47 Å². The number of pyridine rings is 1. The van der Waals surface area contributed by atoms with Crippen LogP contribution in [0, 0.1) is 5.41 Å². The smallest absolute Gasteiger partial charge is 0.231 e. The highest BCUT2D eigenvalue weighted by Crippen LogP contribution is 2.37. The molecule has 126 valence electrons. The van der Waals surface area contributed by atoms with Crippen molar-refractivity contribution < 1.29 is 9.47 Å². The van der Waals surface area contributed by atoms with E-state index in [1.807, 2.05) is 18.5 Å². The van der Waals surface area contributed by atoms with E-state index in [0.717, 1.165) is 31.0 Å². The molecule has 0 aliphatic carbocycles. The molecule has 1 atom stereocenters. The van der Waals surface area contributed by atoms with Crippen LogP contribution in [0.4, 0.5) is 0 Å². The van der Waals surface area contributed by atoms with Crippen LogP contribution >= 0.6 is 0 Å². The van der Waals surface area contributed by atoms with Crippen LogP contribution in [0.5, 0.6) is 11.5 Å². The minimum Gasteiger partial charge on any atom is -0.454 e. The molecule has 0 amide bonds. The van der Waals surface area contributed by atoms with Crippen LogP contribution in [-0.2, 0) is 13.0 Å². The third kappa shape index (κ3) is 3.39. The topological polar surface area (TPSA) is 34.6 Å². The molecule has 2 aliphatic rings. The maximum atomic E-state index is 5.52. The summed E-state index contributed by atoms with van der Waals surface area (Å²) in [5.74, 6) is 1.76. The van der Waals surface area contributed by atoms with Crippen LogP contribution in [0.15, 0.2) is 42.7 Å². The van der Waals surface area contributed by atoms with E-state index in [-0.39, 0.29) is 0 Å². The first-order valence-electron chi connectivity index (χ1n) is 8.70. The highest BCUT2D eigenvalue weighted by Gasteiger charge is 2.31. The zero-order valence-corrected chi connectivity index (χ0v) is 14.2. The van der Waals surface area contributed by atoms with Crippen molar-refractivity contribution in [2.75, 3.05) is 19.9 Å².